The number of anilines is 1. The summed E-state index contributed by atoms with van der Waals surface area (Å²) in [6.07, 6.45) is 0.993. The Bertz CT molecular complexity index is 480. The van der Waals surface area contributed by atoms with Crippen LogP contribution in [0.4, 0.5) is 5.82 Å². The Morgan fingerprint density at radius 2 is 2.07 bits per heavy atom. The average molecular weight is 223 g/mol. The number of nitrogen functional groups attached to an aromatic ring is 1. The molecule has 1 aromatic carbocycles. The minimum atomic E-state index is 0. The zero-order chi connectivity index (χ0) is 10.1. The van der Waals surface area contributed by atoms with Crippen molar-refractivity contribution in [1.82, 2.24) is 4.98 Å². The van der Waals surface area contributed by atoms with Crippen LogP contribution in [0.15, 0.2) is 24.3 Å². The van der Waals surface area contributed by atoms with Crippen molar-refractivity contribution in [3.63, 3.8) is 0 Å². The van der Waals surface area contributed by atoms with Crippen molar-refractivity contribution in [2.24, 2.45) is 0 Å². The number of hydrogen-bond donors (Lipinski definition) is 1. The molecule has 2 N–H and O–H groups in total. The Morgan fingerprint density at radius 1 is 1.33 bits per heavy atom. The molecule has 0 saturated heterocycles. The Kier molecular flexibility index (Phi) is 3.53. The first-order chi connectivity index (χ1) is 6.72. The Labute approximate surface area is 95.9 Å². The summed E-state index contributed by atoms with van der Waals surface area (Å²) in [6.45, 7) is 4.12. The van der Waals surface area contributed by atoms with Gasteiger partial charge in [0.25, 0.3) is 0 Å². The van der Waals surface area contributed by atoms with Gasteiger partial charge < -0.3 is 5.73 Å². The molecule has 2 aromatic rings. The highest BCUT2D eigenvalue weighted by Gasteiger charge is 2.03. The minimum Gasteiger partial charge on any atom is -0.383 e. The molecule has 0 fully saturated rings. The predicted octanol–water partition coefficient (Wildman–Crippen LogP) is 3.11. The van der Waals surface area contributed by atoms with Crippen LogP contribution >= 0.6 is 12.4 Å². The highest BCUT2D eigenvalue weighted by molar-refractivity contribution is 5.85. The van der Waals surface area contributed by atoms with Gasteiger partial charge in [0.15, 0.2) is 0 Å². The van der Waals surface area contributed by atoms with Gasteiger partial charge in [-0.25, -0.2) is 4.98 Å². The van der Waals surface area contributed by atoms with Gasteiger partial charge in [-0.2, -0.15) is 0 Å². The second kappa shape index (κ2) is 4.49. The van der Waals surface area contributed by atoms with Crippen molar-refractivity contribution in [3.8, 4) is 0 Å². The molecular formula is C12H15ClN2. The molecule has 2 rings (SSSR count). The number of nitrogens with zero attached hydrogens (tertiary/aromatic N) is 1. The van der Waals surface area contributed by atoms with Crippen LogP contribution in [0, 0.1) is 6.92 Å². The van der Waals surface area contributed by atoms with E-state index >= 15 is 0 Å². The minimum absolute atomic E-state index is 0. The molecule has 0 saturated carbocycles. The summed E-state index contributed by atoms with van der Waals surface area (Å²) in [5.41, 5.74) is 9.14. The highest BCUT2D eigenvalue weighted by atomic mass is 35.5. The first kappa shape index (κ1) is 11.8. The van der Waals surface area contributed by atoms with Crippen LogP contribution in [-0.2, 0) is 6.42 Å². The Hall–Kier alpha value is -1.28. The van der Waals surface area contributed by atoms with Crippen LogP contribution in [-0.4, -0.2) is 4.98 Å². The van der Waals surface area contributed by atoms with Crippen LogP contribution in [0.1, 0.15) is 18.1 Å². The zero-order valence-corrected chi connectivity index (χ0v) is 9.77. The molecule has 0 amide bonds. The van der Waals surface area contributed by atoms with Crippen molar-refractivity contribution in [2.45, 2.75) is 20.3 Å². The maximum absolute atomic E-state index is 5.80. The summed E-state index contributed by atoms with van der Waals surface area (Å²) in [5.74, 6) is 0.637. The first-order valence-corrected chi connectivity index (χ1v) is 4.87. The molecular weight excluding hydrogens is 208 g/mol. The third-order valence-corrected chi connectivity index (χ3v) is 2.54. The third kappa shape index (κ3) is 2.05. The topological polar surface area (TPSA) is 38.9 Å². The van der Waals surface area contributed by atoms with Gasteiger partial charge >= 0.3 is 0 Å². The van der Waals surface area contributed by atoms with Gasteiger partial charge in [0.2, 0.25) is 0 Å². The van der Waals surface area contributed by atoms with Crippen LogP contribution in [0.25, 0.3) is 10.9 Å². The Balaban J connectivity index is 0.00000112. The molecule has 0 aliphatic heterocycles. The number of pyridine rings is 1. The molecule has 3 heteroatoms. The average Bonchev–Trinajstić information content (AvgIpc) is 2.19. The number of aromatic nitrogens is 1. The molecule has 1 aromatic heterocycles. The van der Waals surface area contributed by atoms with Crippen LogP contribution in [0.5, 0.6) is 0 Å². The SMILES string of the molecule is CCc1cccc2cc(C)c(N)nc12.Cl. The molecule has 0 radical (unpaired) electrons. The number of benzene rings is 1. The molecule has 0 unspecified atom stereocenters. The Morgan fingerprint density at radius 3 is 2.73 bits per heavy atom. The molecule has 2 nitrogen and oxygen atoms in total. The van der Waals surface area contributed by atoms with Crippen molar-refractivity contribution in [2.75, 3.05) is 5.73 Å². The summed E-state index contributed by atoms with van der Waals surface area (Å²) < 4.78 is 0. The van der Waals surface area contributed by atoms with Crippen LogP contribution < -0.4 is 5.73 Å². The summed E-state index contributed by atoms with van der Waals surface area (Å²) in [6, 6.07) is 8.34. The molecule has 0 aliphatic carbocycles. The van der Waals surface area contributed by atoms with Crippen molar-refractivity contribution < 1.29 is 0 Å². The third-order valence-electron chi connectivity index (χ3n) is 2.54. The first-order valence-electron chi connectivity index (χ1n) is 4.87. The van der Waals surface area contributed by atoms with Crippen molar-refractivity contribution in [1.29, 1.82) is 0 Å². The van der Waals surface area contributed by atoms with E-state index in [9.17, 15) is 0 Å². The summed E-state index contributed by atoms with van der Waals surface area (Å²) >= 11 is 0. The van der Waals surface area contributed by atoms with E-state index in [1.54, 1.807) is 0 Å². The number of nitrogens with two attached hydrogens (primary N) is 1. The monoisotopic (exact) mass is 222 g/mol. The molecule has 0 bridgehead atoms. The van der Waals surface area contributed by atoms with Crippen LogP contribution in [0.2, 0.25) is 0 Å². The lowest BCUT2D eigenvalue weighted by Crippen LogP contribution is -1.96. The second-order valence-corrected chi connectivity index (χ2v) is 3.53. The molecule has 0 spiro atoms. The van der Waals surface area contributed by atoms with E-state index < -0.39 is 0 Å². The second-order valence-electron chi connectivity index (χ2n) is 3.53. The number of aryl methyl sites for hydroxylation is 2. The lowest BCUT2D eigenvalue weighted by Gasteiger charge is -2.06. The maximum atomic E-state index is 5.80. The van der Waals surface area contributed by atoms with Crippen LogP contribution in [0.3, 0.4) is 0 Å². The summed E-state index contributed by atoms with van der Waals surface area (Å²) in [4.78, 5) is 4.42. The van der Waals surface area contributed by atoms with E-state index in [2.05, 4.69) is 36.2 Å². The number of rotatable bonds is 1. The molecule has 1 heterocycles. The highest BCUT2D eigenvalue weighted by Crippen LogP contribution is 2.21. The molecule has 80 valence electrons. The lowest BCUT2D eigenvalue weighted by molar-refractivity contribution is 1.14. The summed E-state index contributed by atoms with van der Waals surface area (Å²) in [7, 11) is 0. The van der Waals surface area contributed by atoms with Gasteiger partial charge in [-0.15, -0.1) is 12.4 Å². The van der Waals surface area contributed by atoms with Gasteiger partial charge in [-0.3, -0.25) is 0 Å². The number of halogens is 1. The van der Waals surface area contributed by atoms with E-state index in [0.717, 1.165) is 17.5 Å². The fourth-order valence-corrected chi connectivity index (χ4v) is 1.67. The fraction of sp³-hybridized carbons (Fsp3) is 0.250. The molecule has 0 aliphatic rings. The van der Waals surface area contributed by atoms with E-state index in [0.29, 0.717) is 5.82 Å². The van der Waals surface area contributed by atoms with Gasteiger partial charge in [0, 0.05) is 5.39 Å². The number of hydrogen-bond acceptors (Lipinski definition) is 2. The number of fused-ring (bicyclic) bond motifs is 1. The fourth-order valence-electron chi connectivity index (χ4n) is 1.67. The molecule has 0 atom stereocenters. The number of para-hydroxylation sites is 1. The standard InChI is InChI=1S/C12H14N2.ClH/c1-3-9-5-4-6-10-7-8(2)12(13)14-11(9)10;/h4-7H,3H2,1-2H3,(H2,13,14);1H. The largest absolute Gasteiger partial charge is 0.383 e. The van der Waals surface area contributed by atoms with Gasteiger partial charge in [0.1, 0.15) is 5.82 Å². The smallest absolute Gasteiger partial charge is 0.127 e. The van der Waals surface area contributed by atoms with E-state index in [4.69, 9.17) is 5.73 Å². The summed E-state index contributed by atoms with van der Waals surface area (Å²) in [5, 5.41) is 1.18. The molecule has 15 heavy (non-hydrogen) atoms. The maximum Gasteiger partial charge on any atom is 0.127 e. The lowest BCUT2D eigenvalue weighted by atomic mass is 10.1. The zero-order valence-electron chi connectivity index (χ0n) is 8.95. The van der Waals surface area contributed by atoms with E-state index in [-0.39, 0.29) is 12.4 Å². The van der Waals surface area contributed by atoms with Gasteiger partial charge in [-0.1, -0.05) is 25.1 Å². The predicted molar refractivity (Wildman–Crippen MR) is 67.5 cm³/mol. The van der Waals surface area contributed by atoms with Gasteiger partial charge in [0.05, 0.1) is 5.52 Å². The quantitative estimate of drug-likeness (QED) is 0.805. The van der Waals surface area contributed by atoms with E-state index in [1.165, 1.54) is 10.9 Å². The van der Waals surface area contributed by atoms with Crippen molar-refractivity contribution >= 4 is 29.1 Å². The van der Waals surface area contributed by atoms with Crippen molar-refractivity contribution in [3.05, 3.63) is 35.4 Å². The van der Waals surface area contributed by atoms with Gasteiger partial charge in [-0.05, 0) is 30.5 Å². The normalized spacial score (nSPS) is 10.0. The van der Waals surface area contributed by atoms with E-state index in [1.807, 2.05) is 6.92 Å².